The molecule has 2 aliphatic rings. The molecule has 1 atom stereocenters. The topological polar surface area (TPSA) is 36.8 Å². The number of quaternary nitrogens is 1. The molecule has 0 aromatic heterocycles. The van der Waals surface area contributed by atoms with Crippen LogP contribution in [-0.4, -0.2) is 31.6 Å². The fourth-order valence-electron chi connectivity index (χ4n) is 3.85. The highest BCUT2D eigenvalue weighted by Crippen LogP contribution is 2.22. The smallest absolute Gasteiger partial charge is 0.279 e. The summed E-state index contributed by atoms with van der Waals surface area (Å²) in [6.45, 7) is 3.44. The van der Waals surface area contributed by atoms with E-state index < -0.39 is 0 Å². The number of hydrogen-bond donors (Lipinski definition) is 2. The van der Waals surface area contributed by atoms with E-state index in [1.54, 1.807) is 0 Å². The van der Waals surface area contributed by atoms with Crippen molar-refractivity contribution < 1.29 is 14.1 Å². The molecule has 0 radical (unpaired) electrons. The third-order valence-corrected chi connectivity index (χ3v) is 5.51. The van der Waals surface area contributed by atoms with Crippen LogP contribution in [0.15, 0.2) is 48.5 Å². The van der Waals surface area contributed by atoms with E-state index in [2.05, 4.69) is 22.3 Å². The maximum atomic E-state index is 13.1. The fourth-order valence-corrected chi connectivity index (χ4v) is 3.85. The normalized spacial score (nSPS) is 17.7. The zero-order valence-corrected chi connectivity index (χ0v) is 15.6. The lowest BCUT2D eigenvalue weighted by molar-refractivity contribution is -0.916. The Labute approximate surface area is 160 Å². The maximum absolute atomic E-state index is 13.1. The van der Waals surface area contributed by atoms with E-state index in [-0.39, 0.29) is 11.7 Å². The Hall–Kier alpha value is -2.40. The van der Waals surface area contributed by atoms with Gasteiger partial charge in [0.05, 0.1) is 6.04 Å². The minimum absolute atomic E-state index is 0.0351. The van der Waals surface area contributed by atoms with Crippen molar-refractivity contribution >= 4 is 17.3 Å². The van der Waals surface area contributed by atoms with Gasteiger partial charge in [-0.25, -0.2) is 4.39 Å². The van der Waals surface area contributed by atoms with E-state index in [1.807, 2.05) is 24.3 Å². The summed E-state index contributed by atoms with van der Waals surface area (Å²) in [7, 11) is 0. The summed E-state index contributed by atoms with van der Waals surface area (Å²) in [5.41, 5.74) is 3.15. The van der Waals surface area contributed by atoms with Crippen molar-refractivity contribution in [2.24, 2.45) is 0 Å². The summed E-state index contributed by atoms with van der Waals surface area (Å²) in [6.07, 6.45) is 4.83. The van der Waals surface area contributed by atoms with Crippen LogP contribution in [0.4, 0.5) is 15.8 Å². The summed E-state index contributed by atoms with van der Waals surface area (Å²) >= 11 is 0. The monoisotopic (exact) mass is 368 g/mol. The van der Waals surface area contributed by atoms with Crippen LogP contribution in [0.25, 0.3) is 0 Å². The van der Waals surface area contributed by atoms with Gasteiger partial charge >= 0.3 is 0 Å². The van der Waals surface area contributed by atoms with Crippen LogP contribution >= 0.6 is 0 Å². The summed E-state index contributed by atoms with van der Waals surface area (Å²) in [6, 6.07) is 15.3. The van der Waals surface area contributed by atoms with Crippen LogP contribution < -0.4 is 15.1 Å². The summed E-state index contributed by atoms with van der Waals surface area (Å²) in [4.78, 5) is 16.2. The Bertz CT molecular complexity index is 765. The average molecular weight is 368 g/mol. The average Bonchev–Trinajstić information content (AvgIpc) is 3.38. The first-order valence-electron chi connectivity index (χ1n) is 9.91. The molecule has 1 heterocycles. The van der Waals surface area contributed by atoms with Crippen molar-refractivity contribution in [3.63, 3.8) is 0 Å². The quantitative estimate of drug-likeness (QED) is 0.788. The molecule has 2 aromatic carbocycles. The Morgan fingerprint density at radius 2 is 1.70 bits per heavy atom. The number of benzene rings is 2. The van der Waals surface area contributed by atoms with Gasteiger partial charge in [0, 0.05) is 42.9 Å². The molecule has 27 heavy (non-hydrogen) atoms. The molecule has 1 aliphatic carbocycles. The Kier molecular flexibility index (Phi) is 5.39. The summed E-state index contributed by atoms with van der Waals surface area (Å²) < 4.78 is 13.1. The zero-order valence-electron chi connectivity index (χ0n) is 15.6. The first kappa shape index (κ1) is 18.0. The van der Waals surface area contributed by atoms with Gasteiger partial charge < -0.3 is 15.1 Å². The molecule has 2 aromatic rings. The Balaban J connectivity index is 1.33. The van der Waals surface area contributed by atoms with Crippen LogP contribution in [-0.2, 0) is 11.3 Å². The van der Waals surface area contributed by atoms with E-state index in [0.717, 1.165) is 43.7 Å². The molecule has 2 N–H and O–H groups in total. The molecule has 2 fully saturated rings. The third kappa shape index (κ3) is 4.86. The number of nitrogens with zero attached hydrogens (tertiary/aromatic N) is 1. The van der Waals surface area contributed by atoms with Gasteiger partial charge in [-0.15, -0.1) is 0 Å². The van der Waals surface area contributed by atoms with Gasteiger partial charge in [0.25, 0.3) is 5.91 Å². The lowest BCUT2D eigenvalue weighted by Gasteiger charge is -2.20. The highest BCUT2D eigenvalue weighted by molar-refractivity contribution is 5.91. The number of amides is 1. The molecule has 4 rings (SSSR count). The predicted molar refractivity (Wildman–Crippen MR) is 105 cm³/mol. The number of anilines is 2. The van der Waals surface area contributed by atoms with Gasteiger partial charge in [0.1, 0.15) is 12.4 Å². The molecular weight excluding hydrogens is 341 g/mol. The van der Waals surface area contributed by atoms with Crippen LogP contribution in [0.3, 0.4) is 0 Å². The molecule has 1 aliphatic heterocycles. The second kappa shape index (κ2) is 8.09. The van der Waals surface area contributed by atoms with Crippen LogP contribution in [0.2, 0.25) is 0 Å². The van der Waals surface area contributed by atoms with Gasteiger partial charge in [0.15, 0.2) is 6.54 Å². The zero-order chi connectivity index (χ0) is 18.6. The second-order valence-corrected chi connectivity index (χ2v) is 7.70. The summed E-state index contributed by atoms with van der Waals surface area (Å²) in [5.74, 6) is -0.185. The van der Waals surface area contributed by atoms with E-state index in [4.69, 9.17) is 0 Å². The molecule has 1 amide bonds. The SMILES string of the molecule is O=C(C[NH+](Cc1ccc(F)cc1)C1CC1)Nc1ccc(N2CCCC2)cc1. The van der Waals surface area contributed by atoms with Crippen molar-refractivity contribution in [3.05, 3.63) is 59.9 Å². The lowest BCUT2D eigenvalue weighted by atomic mass is 10.2. The maximum Gasteiger partial charge on any atom is 0.279 e. The molecule has 1 saturated carbocycles. The first-order chi connectivity index (χ1) is 13.2. The molecular formula is C22H27FN3O+. The lowest BCUT2D eigenvalue weighted by Crippen LogP contribution is -3.13. The van der Waals surface area contributed by atoms with Gasteiger partial charge in [-0.05, 0) is 49.2 Å². The second-order valence-electron chi connectivity index (χ2n) is 7.70. The number of hydrogen-bond acceptors (Lipinski definition) is 2. The van der Waals surface area contributed by atoms with Crippen LogP contribution in [0, 0.1) is 5.82 Å². The Morgan fingerprint density at radius 3 is 2.33 bits per heavy atom. The van der Waals surface area contributed by atoms with Gasteiger partial charge in [-0.2, -0.15) is 0 Å². The minimum atomic E-state index is -0.221. The minimum Gasteiger partial charge on any atom is -0.372 e. The summed E-state index contributed by atoms with van der Waals surface area (Å²) in [5, 5.41) is 3.03. The number of rotatable bonds is 7. The van der Waals surface area contributed by atoms with E-state index in [0.29, 0.717) is 12.6 Å². The molecule has 4 nitrogen and oxygen atoms in total. The van der Waals surface area contributed by atoms with Gasteiger partial charge in [0.2, 0.25) is 0 Å². The third-order valence-electron chi connectivity index (χ3n) is 5.51. The van der Waals surface area contributed by atoms with Crippen molar-refractivity contribution in [1.82, 2.24) is 0 Å². The molecule has 0 bridgehead atoms. The van der Waals surface area contributed by atoms with E-state index >= 15 is 0 Å². The highest BCUT2D eigenvalue weighted by atomic mass is 19.1. The number of carbonyl (C=O) groups excluding carboxylic acids is 1. The molecule has 1 saturated heterocycles. The van der Waals surface area contributed by atoms with Gasteiger partial charge in [-0.1, -0.05) is 12.1 Å². The van der Waals surface area contributed by atoms with Gasteiger partial charge in [-0.3, -0.25) is 4.79 Å². The highest BCUT2D eigenvalue weighted by Gasteiger charge is 2.34. The fraction of sp³-hybridized carbons (Fsp3) is 0.409. The largest absolute Gasteiger partial charge is 0.372 e. The molecule has 5 heteroatoms. The predicted octanol–water partition coefficient (Wildman–Crippen LogP) is 2.61. The number of nitrogens with one attached hydrogen (secondary N) is 2. The number of carbonyl (C=O) groups is 1. The molecule has 142 valence electrons. The van der Waals surface area contributed by atoms with Crippen LogP contribution in [0.1, 0.15) is 31.2 Å². The van der Waals surface area contributed by atoms with Crippen molar-refractivity contribution in [3.8, 4) is 0 Å². The van der Waals surface area contributed by atoms with Crippen LogP contribution in [0.5, 0.6) is 0 Å². The number of halogens is 1. The first-order valence-corrected chi connectivity index (χ1v) is 9.91. The van der Waals surface area contributed by atoms with Crippen molar-refractivity contribution in [2.45, 2.75) is 38.3 Å². The van der Waals surface area contributed by atoms with E-state index in [9.17, 15) is 9.18 Å². The standard InChI is InChI=1S/C22H26FN3O/c23-18-5-3-17(4-6-18)15-26(21-11-12-21)16-22(27)24-19-7-9-20(10-8-19)25-13-1-2-14-25/h3-10,21H,1-2,11-16H2,(H,24,27)/p+1. The van der Waals surface area contributed by atoms with E-state index in [1.165, 1.54) is 35.6 Å². The molecule has 0 spiro atoms. The van der Waals surface area contributed by atoms with Crippen molar-refractivity contribution in [2.75, 3.05) is 29.9 Å². The van der Waals surface area contributed by atoms with Crippen molar-refractivity contribution in [1.29, 1.82) is 0 Å². The Morgan fingerprint density at radius 1 is 1.04 bits per heavy atom. The molecule has 1 unspecified atom stereocenters.